The Bertz CT molecular complexity index is 1170. The highest BCUT2D eigenvalue weighted by Gasteiger charge is 2.40. The number of aliphatic carboxylic acids is 1. The number of rotatable bonds is 9. The van der Waals surface area contributed by atoms with Crippen molar-refractivity contribution >= 4 is 23.5 Å². The predicted molar refractivity (Wildman–Crippen MR) is 156 cm³/mol. The maximum atomic E-state index is 11.1. The monoisotopic (exact) mass is 615 g/mol. The number of hydrogen-bond acceptors (Lipinski definition) is 6. The van der Waals surface area contributed by atoms with Gasteiger partial charge in [0.05, 0.1) is 17.2 Å². The van der Waals surface area contributed by atoms with E-state index in [1.807, 2.05) is 12.1 Å². The van der Waals surface area contributed by atoms with Crippen LogP contribution in [0.4, 0.5) is 13.2 Å². The Morgan fingerprint density at radius 2 is 1.86 bits per heavy atom. The minimum atomic E-state index is -5.08. The van der Waals surface area contributed by atoms with Crippen molar-refractivity contribution in [2.45, 2.75) is 77.2 Å². The topological polar surface area (TPSA) is 102 Å². The number of benzene rings is 1. The molecule has 0 bridgehead atoms. The highest BCUT2D eigenvalue weighted by atomic mass is 35.5. The first-order valence-electron chi connectivity index (χ1n) is 13.8. The van der Waals surface area contributed by atoms with Crippen LogP contribution in [-0.2, 0) is 9.63 Å². The molecule has 12 heteroatoms. The molecule has 0 radical (unpaired) electrons. The van der Waals surface area contributed by atoms with E-state index in [1.165, 1.54) is 11.1 Å². The number of nitrogens with one attached hydrogen (secondary N) is 1. The molecule has 1 aromatic carbocycles. The molecule has 0 amide bonds. The number of carboxylic acids is 2. The van der Waals surface area contributed by atoms with Crippen molar-refractivity contribution in [3.05, 3.63) is 69.9 Å². The van der Waals surface area contributed by atoms with Crippen LogP contribution >= 0.6 is 11.6 Å². The summed E-state index contributed by atoms with van der Waals surface area (Å²) in [5, 5.41) is 17.1. The molecule has 1 saturated heterocycles. The maximum absolute atomic E-state index is 11.1. The summed E-state index contributed by atoms with van der Waals surface area (Å²) >= 11 is 6.44. The first-order valence-corrected chi connectivity index (χ1v) is 14.2. The quantitative estimate of drug-likeness (QED) is 0.289. The molecule has 42 heavy (non-hydrogen) atoms. The van der Waals surface area contributed by atoms with E-state index in [4.69, 9.17) is 31.4 Å². The number of allylic oxidation sites excluding steroid dienone is 3. The summed E-state index contributed by atoms with van der Waals surface area (Å²) < 4.78 is 31.7. The van der Waals surface area contributed by atoms with Gasteiger partial charge in [-0.15, -0.1) is 0 Å². The number of aromatic carboxylic acids is 1. The van der Waals surface area contributed by atoms with E-state index in [9.17, 15) is 18.0 Å². The van der Waals surface area contributed by atoms with Gasteiger partial charge < -0.3 is 20.0 Å². The number of hydrogen-bond donors (Lipinski definition) is 3. The number of alkyl halides is 3. The van der Waals surface area contributed by atoms with Crippen molar-refractivity contribution < 1.29 is 37.8 Å². The second-order valence-corrected chi connectivity index (χ2v) is 11.5. The van der Waals surface area contributed by atoms with Gasteiger partial charge in [0.15, 0.2) is 0 Å². The van der Waals surface area contributed by atoms with Gasteiger partial charge in [-0.05, 0) is 76.4 Å². The third-order valence-corrected chi connectivity index (χ3v) is 7.51. The molecule has 2 heterocycles. The molecule has 3 rings (SSSR count). The fourth-order valence-electron chi connectivity index (χ4n) is 4.69. The van der Waals surface area contributed by atoms with Crippen LogP contribution in [0.25, 0.3) is 0 Å². The number of likely N-dealkylation sites (N-methyl/N-ethyl adjacent to an activating group) is 1. The molecule has 0 spiro atoms. The van der Waals surface area contributed by atoms with E-state index in [2.05, 4.69) is 68.4 Å². The summed E-state index contributed by atoms with van der Waals surface area (Å²) in [6.07, 6.45) is 4.91. The first kappa shape index (κ1) is 35.3. The normalized spacial score (nSPS) is 25.2. The third kappa shape index (κ3) is 11.1. The summed E-state index contributed by atoms with van der Waals surface area (Å²) in [6.45, 7) is 11.4. The number of halogens is 4. The minimum Gasteiger partial charge on any atom is -0.478 e. The lowest BCUT2D eigenvalue weighted by Crippen LogP contribution is -2.35. The summed E-state index contributed by atoms with van der Waals surface area (Å²) in [7, 11) is 2.16. The zero-order chi connectivity index (χ0) is 31.7. The molecular weight excluding hydrogens is 575 g/mol. The highest BCUT2D eigenvalue weighted by Crippen LogP contribution is 2.38. The van der Waals surface area contributed by atoms with E-state index in [0.717, 1.165) is 55.9 Å². The average Bonchev–Trinajstić information content (AvgIpc) is 3.36. The van der Waals surface area contributed by atoms with Crippen LogP contribution in [-0.4, -0.2) is 76.5 Å². The van der Waals surface area contributed by atoms with E-state index in [0.29, 0.717) is 11.6 Å². The molecule has 2 aliphatic heterocycles. The molecule has 1 fully saturated rings. The minimum absolute atomic E-state index is 0.0581. The van der Waals surface area contributed by atoms with Gasteiger partial charge in [-0.3, -0.25) is 4.84 Å². The van der Waals surface area contributed by atoms with Crippen molar-refractivity contribution in [2.75, 3.05) is 26.7 Å². The van der Waals surface area contributed by atoms with Crippen LogP contribution < -0.4 is 5.48 Å². The van der Waals surface area contributed by atoms with Gasteiger partial charge >= 0.3 is 18.1 Å². The number of nitrogens with zero attached hydrogens (tertiary/aromatic N) is 2. The van der Waals surface area contributed by atoms with Crippen LogP contribution in [0.1, 0.15) is 75.3 Å². The molecular formula is C30H41ClF3N3O5. The van der Waals surface area contributed by atoms with Crippen molar-refractivity contribution in [1.82, 2.24) is 15.3 Å². The van der Waals surface area contributed by atoms with Gasteiger partial charge in [-0.1, -0.05) is 42.3 Å². The summed E-state index contributed by atoms with van der Waals surface area (Å²) in [5.41, 5.74) is 6.91. The Balaban J connectivity index is 0.000000782. The molecule has 0 aromatic heterocycles. The third-order valence-electron chi connectivity index (χ3n) is 7.25. The second kappa shape index (κ2) is 15.6. The number of hydroxylamine groups is 1. The summed E-state index contributed by atoms with van der Waals surface area (Å²) in [5.74, 6) is -3.67. The Morgan fingerprint density at radius 1 is 1.24 bits per heavy atom. The lowest BCUT2D eigenvalue weighted by molar-refractivity contribution is -0.192. The lowest BCUT2D eigenvalue weighted by Gasteiger charge is -2.30. The first-order chi connectivity index (χ1) is 19.5. The van der Waals surface area contributed by atoms with Crippen molar-refractivity contribution in [1.29, 1.82) is 0 Å². The van der Waals surface area contributed by atoms with E-state index in [1.54, 1.807) is 12.1 Å². The zero-order valence-corrected chi connectivity index (χ0v) is 25.4. The smallest absolute Gasteiger partial charge is 0.478 e. The molecule has 234 valence electrons. The SMILES string of the molecule is CCC1(CCN(C)C/C2=C/N(C(C)C)C/C(C)=C\C(Cl)=C/C2)CC(c2ccc(C(=O)O)cc2)NO1.O=C(O)C(F)(F)F. The van der Waals surface area contributed by atoms with Crippen LogP contribution in [0.5, 0.6) is 0 Å². The van der Waals surface area contributed by atoms with E-state index >= 15 is 0 Å². The number of carboxylic acid groups (broad SMARTS) is 2. The molecule has 1 aromatic rings. The lowest BCUT2D eigenvalue weighted by atomic mass is 9.87. The molecule has 2 atom stereocenters. The van der Waals surface area contributed by atoms with Crippen LogP contribution in [0, 0.1) is 0 Å². The van der Waals surface area contributed by atoms with Crippen LogP contribution in [0.2, 0.25) is 0 Å². The average molecular weight is 616 g/mol. The fraction of sp³-hybridized carbons (Fsp3) is 0.533. The van der Waals surface area contributed by atoms with Crippen molar-refractivity contribution in [2.24, 2.45) is 0 Å². The van der Waals surface area contributed by atoms with E-state index < -0.39 is 18.1 Å². The molecule has 8 nitrogen and oxygen atoms in total. The Hall–Kier alpha value is -2.86. The van der Waals surface area contributed by atoms with Gasteiger partial charge in [-0.25, -0.2) is 9.59 Å². The zero-order valence-electron chi connectivity index (χ0n) is 24.7. The Kier molecular flexibility index (Phi) is 13.1. The standard InChI is InChI=1S/C28H40ClN3O3.C2HF3O2/c1-6-28(16-26(30-35-28)23-8-10-24(11-9-23)27(33)34)13-14-31(5)18-22-7-12-25(29)15-21(4)17-32(19-22)20(2)3;3-2(4,5)1(6)7/h8-12,15,19-20,26,30H,6-7,13-14,16-18H2,1-5H3,(H,33,34);(H,6,7)/b21-15-,22-19+,25-12+;. The second-order valence-electron chi connectivity index (χ2n) is 11.1. The molecule has 2 aliphatic rings. The molecule has 2 unspecified atom stereocenters. The van der Waals surface area contributed by atoms with Gasteiger partial charge in [0.1, 0.15) is 0 Å². The van der Waals surface area contributed by atoms with E-state index in [-0.39, 0.29) is 11.6 Å². The van der Waals surface area contributed by atoms with Gasteiger partial charge in [-0.2, -0.15) is 18.7 Å². The van der Waals surface area contributed by atoms with Gasteiger partial charge in [0, 0.05) is 43.3 Å². The van der Waals surface area contributed by atoms with Crippen molar-refractivity contribution in [3.8, 4) is 0 Å². The maximum Gasteiger partial charge on any atom is 0.490 e. The fourth-order valence-corrected chi connectivity index (χ4v) is 4.95. The van der Waals surface area contributed by atoms with Crippen LogP contribution in [0.3, 0.4) is 0 Å². The molecule has 0 saturated carbocycles. The van der Waals surface area contributed by atoms with Crippen LogP contribution in [0.15, 0.2) is 58.8 Å². The highest BCUT2D eigenvalue weighted by molar-refractivity contribution is 6.31. The Labute approximate surface area is 250 Å². The number of carbonyl (C=O) groups is 2. The molecule has 0 aliphatic carbocycles. The summed E-state index contributed by atoms with van der Waals surface area (Å²) in [6, 6.07) is 7.54. The van der Waals surface area contributed by atoms with Crippen molar-refractivity contribution in [3.63, 3.8) is 0 Å². The predicted octanol–water partition coefficient (Wildman–Crippen LogP) is 6.52. The largest absolute Gasteiger partial charge is 0.490 e. The molecule has 3 N–H and O–H groups in total. The van der Waals surface area contributed by atoms with Gasteiger partial charge in [0.25, 0.3) is 0 Å². The van der Waals surface area contributed by atoms with Gasteiger partial charge in [0.2, 0.25) is 0 Å². The summed E-state index contributed by atoms with van der Waals surface area (Å²) in [4.78, 5) is 30.9. The Morgan fingerprint density at radius 3 is 2.38 bits per heavy atom.